The Hall–Kier alpha value is -1.57. The Labute approximate surface area is 147 Å². The first kappa shape index (κ1) is 19.5. The second kappa shape index (κ2) is 8.90. The van der Waals surface area contributed by atoms with Gasteiger partial charge in [-0.25, -0.2) is 0 Å². The van der Waals surface area contributed by atoms with Crippen molar-refractivity contribution in [3.63, 3.8) is 0 Å². The van der Waals surface area contributed by atoms with E-state index in [2.05, 4.69) is 101 Å². The Bertz CT molecular complexity index is 550. The van der Waals surface area contributed by atoms with E-state index in [9.17, 15) is 0 Å². The molecule has 2 heteroatoms. The van der Waals surface area contributed by atoms with Crippen LogP contribution in [-0.4, -0.2) is 20.1 Å². The maximum absolute atomic E-state index is 2.37. The van der Waals surface area contributed by atoms with Crippen molar-refractivity contribution < 1.29 is 17.3 Å². The maximum Gasteiger partial charge on any atom is 0.0857 e. The van der Waals surface area contributed by atoms with Crippen molar-refractivity contribution in [3.8, 4) is 0 Å². The summed E-state index contributed by atoms with van der Waals surface area (Å²) < 4.78 is 0. The second-order valence-corrected chi connectivity index (χ2v) is 6.39. The zero-order valence-electron chi connectivity index (χ0n) is 14.6. The molecular formula is C21H28ClN. The summed E-state index contributed by atoms with van der Waals surface area (Å²) in [6.45, 7) is 4.45. The van der Waals surface area contributed by atoms with Crippen LogP contribution in [0.5, 0.6) is 0 Å². The lowest BCUT2D eigenvalue weighted by Gasteiger charge is -2.35. The van der Waals surface area contributed by atoms with Gasteiger partial charge < -0.3 is 17.3 Å². The number of benzene rings is 2. The van der Waals surface area contributed by atoms with Gasteiger partial charge in [0.15, 0.2) is 0 Å². The van der Waals surface area contributed by atoms with Crippen molar-refractivity contribution in [2.24, 2.45) is 0 Å². The molecule has 0 aromatic heterocycles. The molecule has 0 aliphatic rings. The number of hydrogen-bond acceptors (Lipinski definition) is 0. The third-order valence-corrected chi connectivity index (χ3v) is 4.64. The first-order valence-electron chi connectivity index (χ1n) is 8.15. The van der Waals surface area contributed by atoms with E-state index >= 15 is 0 Å². The van der Waals surface area contributed by atoms with E-state index in [0.29, 0.717) is 6.04 Å². The van der Waals surface area contributed by atoms with Crippen molar-refractivity contribution in [2.75, 3.05) is 14.1 Å². The summed E-state index contributed by atoms with van der Waals surface area (Å²) in [4.78, 5) is 1.49. The molecule has 0 radical (unpaired) electrons. The van der Waals surface area contributed by atoms with E-state index in [1.807, 2.05) is 0 Å². The summed E-state index contributed by atoms with van der Waals surface area (Å²) in [6, 6.07) is 22.3. The van der Waals surface area contributed by atoms with E-state index in [1.165, 1.54) is 16.0 Å². The van der Waals surface area contributed by atoms with Crippen LogP contribution >= 0.6 is 0 Å². The zero-order valence-corrected chi connectivity index (χ0v) is 15.3. The summed E-state index contributed by atoms with van der Waals surface area (Å²) in [5.41, 5.74) is 2.67. The van der Waals surface area contributed by atoms with Gasteiger partial charge in [0.1, 0.15) is 0 Å². The Morgan fingerprint density at radius 3 is 1.70 bits per heavy atom. The van der Waals surface area contributed by atoms with Crippen molar-refractivity contribution in [1.82, 2.24) is 0 Å². The van der Waals surface area contributed by atoms with Gasteiger partial charge in [-0.3, -0.25) is 0 Å². The predicted molar refractivity (Wildman–Crippen MR) is 95.4 cm³/mol. The molecule has 1 unspecified atom stereocenters. The van der Waals surface area contributed by atoms with Crippen LogP contribution < -0.4 is 17.3 Å². The molecule has 1 nitrogen and oxygen atoms in total. The first-order chi connectivity index (χ1) is 10.6. The molecule has 1 atom stereocenters. The number of allylic oxidation sites excluding steroid dienone is 2. The molecule has 0 aliphatic carbocycles. The molecule has 0 spiro atoms. The van der Waals surface area contributed by atoms with Gasteiger partial charge in [0, 0.05) is 11.8 Å². The number of nitrogens with one attached hydrogen (secondary N) is 1. The average Bonchev–Trinajstić information content (AvgIpc) is 2.55. The minimum atomic E-state index is -0.0616. The second-order valence-electron chi connectivity index (χ2n) is 6.39. The van der Waals surface area contributed by atoms with Gasteiger partial charge in [-0.05, 0) is 25.0 Å². The van der Waals surface area contributed by atoms with Gasteiger partial charge in [-0.15, -0.1) is 0 Å². The van der Waals surface area contributed by atoms with Gasteiger partial charge in [0.25, 0.3) is 0 Å². The highest BCUT2D eigenvalue weighted by Crippen LogP contribution is 2.38. The smallest absolute Gasteiger partial charge is 0.0857 e. The highest BCUT2D eigenvalue weighted by atomic mass is 35.5. The molecule has 0 amide bonds. The van der Waals surface area contributed by atoms with Crippen molar-refractivity contribution in [2.45, 2.75) is 31.7 Å². The molecule has 0 aliphatic heterocycles. The Kier molecular flexibility index (Phi) is 7.54. The molecule has 2 aromatic rings. The lowest BCUT2D eigenvalue weighted by atomic mass is 9.70. The van der Waals surface area contributed by atoms with Crippen LogP contribution in [0.3, 0.4) is 0 Å². The quantitative estimate of drug-likeness (QED) is 0.735. The van der Waals surface area contributed by atoms with E-state index in [1.54, 1.807) is 0 Å². The van der Waals surface area contributed by atoms with E-state index in [-0.39, 0.29) is 17.8 Å². The SMILES string of the molecule is C/C=C/C(CC(C)[NH+](C)C)(c1ccccc1)c1ccccc1.[Cl-]. The topological polar surface area (TPSA) is 4.44 Å². The predicted octanol–water partition coefficient (Wildman–Crippen LogP) is 0.476. The fraction of sp³-hybridized carbons (Fsp3) is 0.333. The third-order valence-electron chi connectivity index (χ3n) is 4.64. The summed E-state index contributed by atoms with van der Waals surface area (Å²) in [5.74, 6) is 0. The molecular weight excluding hydrogens is 302 g/mol. The van der Waals surface area contributed by atoms with Crippen molar-refractivity contribution in [1.29, 1.82) is 0 Å². The molecule has 2 rings (SSSR count). The number of quaternary nitrogens is 1. The van der Waals surface area contributed by atoms with Crippen molar-refractivity contribution in [3.05, 3.63) is 83.9 Å². The highest BCUT2D eigenvalue weighted by Gasteiger charge is 2.34. The summed E-state index contributed by atoms with van der Waals surface area (Å²) in [5, 5.41) is 0. The van der Waals surface area contributed by atoms with Crippen LogP contribution in [-0.2, 0) is 5.41 Å². The number of rotatable bonds is 6. The van der Waals surface area contributed by atoms with Gasteiger partial charge in [0.2, 0.25) is 0 Å². The molecule has 0 bridgehead atoms. The molecule has 0 saturated heterocycles. The molecule has 23 heavy (non-hydrogen) atoms. The third kappa shape index (κ3) is 4.46. The number of halogens is 1. The van der Waals surface area contributed by atoms with Gasteiger partial charge in [-0.1, -0.05) is 72.8 Å². The number of hydrogen-bond donors (Lipinski definition) is 1. The lowest BCUT2D eigenvalue weighted by molar-refractivity contribution is -0.884. The van der Waals surface area contributed by atoms with Crippen LogP contribution in [0, 0.1) is 0 Å². The summed E-state index contributed by atoms with van der Waals surface area (Å²) in [6.07, 6.45) is 5.66. The average molecular weight is 330 g/mol. The highest BCUT2D eigenvalue weighted by molar-refractivity contribution is 5.44. The monoisotopic (exact) mass is 329 g/mol. The minimum absolute atomic E-state index is 0. The Balaban J connectivity index is 0.00000264. The molecule has 124 valence electrons. The zero-order chi connectivity index (χ0) is 16.0. The molecule has 2 aromatic carbocycles. The van der Waals surface area contributed by atoms with Gasteiger partial charge in [-0.2, -0.15) is 0 Å². The standard InChI is InChI=1S/C21H27N.ClH/c1-5-16-21(17-18(2)22(3)4,19-12-8-6-9-13-19)20-14-10-7-11-15-20;/h5-16,18H,17H2,1-4H3;1H/b16-5+;. The first-order valence-corrected chi connectivity index (χ1v) is 8.15. The maximum atomic E-state index is 2.37. The Morgan fingerprint density at radius 1 is 0.913 bits per heavy atom. The Morgan fingerprint density at radius 2 is 1.35 bits per heavy atom. The minimum Gasteiger partial charge on any atom is -1.00 e. The van der Waals surface area contributed by atoms with Crippen LogP contribution in [0.1, 0.15) is 31.4 Å². The van der Waals surface area contributed by atoms with E-state index < -0.39 is 0 Å². The molecule has 1 N–H and O–H groups in total. The lowest BCUT2D eigenvalue weighted by Crippen LogP contribution is -3.09. The van der Waals surface area contributed by atoms with Gasteiger partial charge >= 0.3 is 0 Å². The van der Waals surface area contributed by atoms with Crippen LogP contribution in [0.15, 0.2) is 72.8 Å². The van der Waals surface area contributed by atoms with Crippen LogP contribution in [0.4, 0.5) is 0 Å². The fourth-order valence-corrected chi connectivity index (χ4v) is 3.11. The summed E-state index contributed by atoms with van der Waals surface area (Å²) >= 11 is 0. The largest absolute Gasteiger partial charge is 1.00 e. The fourth-order valence-electron chi connectivity index (χ4n) is 3.11. The van der Waals surface area contributed by atoms with Crippen molar-refractivity contribution >= 4 is 0 Å². The van der Waals surface area contributed by atoms with Gasteiger partial charge in [0.05, 0.1) is 20.1 Å². The van der Waals surface area contributed by atoms with Crippen LogP contribution in [0.2, 0.25) is 0 Å². The molecule has 0 fully saturated rings. The van der Waals surface area contributed by atoms with E-state index in [0.717, 1.165) is 6.42 Å². The molecule has 0 heterocycles. The van der Waals surface area contributed by atoms with E-state index in [4.69, 9.17) is 0 Å². The summed E-state index contributed by atoms with van der Waals surface area (Å²) in [7, 11) is 4.47. The van der Waals surface area contributed by atoms with Crippen LogP contribution in [0.25, 0.3) is 0 Å². The molecule has 0 saturated carbocycles. The normalized spacial score (nSPS) is 13.1.